The zero-order chi connectivity index (χ0) is 7.14. The lowest BCUT2D eigenvalue weighted by Crippen LogP contribution is -2.04. The zero-order valence-corrected chi connectivity index (χ0v) is 6.17. The maximum atomic E-state index is 10.9. The van der Waals surface area contributed by atoms with Crippen molar-refractivity contribution in [1.82, 2.24) is 0 Å². The lowest BCUT2D eigenvalue weighted by molar-refractivity contribution is -0.141. The smallest absolute Gasteiger partial charge is 0.309 e. The molecule has 0 radical (unpaired) electrons. The van der Waals surface area contributed by atoms with Crippen LogP contribution < -0.4 is 0 Å². The van der Waals surface area contributed by atoms with Crippen LogP contribution >= 0.6 is 0 Å². The van der Waals surface area contributed by atoms with Gasteiger partial charge in [-0.25, -0.2) is 0 Å². The summed E-state index contributed by atoms with van der Waals surface area (Å²) >= 11 is 0. The summed E-state index contributed by atoms with van der Waals surface area (Å²) in [5.41, 5.74) is 0. The molecule has 2 nitrogen and oxygen atoms in total. The number of hydrogen-bond acceptors (Lipinski definition) is 2. The summed E-state index contributed by atoms with van der Waals surface area (Å²) in [5.74, 6) is 1.65. The summed E-state index contributed by atoms with van der Waals surface area (Å²) < 4.78 is 4.85. The van der Waals surface area contributed by atoms with Crippen LogP contribution in [0, 0.1) is 17.8 Å². The van der Waals surface area contributed by atoms with Gasteiger partial charge in [0.15, 0.2) is 0 Å². The molecule has 0 amide bonds. The van der Waals surface area contributed by atoms with Crippen LogP contribution in [-0.4, -0.2) is 12.6 Å². The van der Waals surface area contributed by atoms with Gasteiger partial charge in [-0.3, -0.25) is 4.79 Å². The predicted octanol–water partition coefficient (Wildman–Crippen LogP) is 1.21. The second kappa shape index (κ2) is 1.97. The minimum atomic E-state index is 0.0588. The molecule has 2 heteroatoms. The van der Waals surface area contributed by atoms with Crippen LogP contribution in [0.3, 0.4) is 0 Å². The number of fused-ring (bicyclic) bond motifs is 1. The molecule has 0 aromatic carbocycles. The molecule has 3 atom stereocenters. The van der Waals surface area contributed by atoms with Crippen molar-refractivity contribution in [3.05, 3.63) is 0 Å². The largest absolute Gasteiger partial charge is 0.465 e. The van der Waals surface area contributed by atoms with Crippen LogP contribution in [-0.2, 0) is 9.53 Å². The molecule has 1 saturated carbocycles. The van der Waals surface area contributed by atoms with Crippen LogP contribution in [0.5, 0.6) is 0 Å². The first kappa shape index (κ1) is 6.20. The van der Waals surface area contributed by atoms with Crippen molar-refractivity contribution in [2.75, 3.05) is 6.61 Å². The van der Waals surface area contributed by atoms with E-state index < -0.39 is 0 Å². The quantitative estimate of drug-likeness (QED) is 0.539. The Labute approximate surface area is 60.6 Å². The highest BCUT2D eigenvalue weighted by Crippen LogP contribution is 2.53. The van der Waals surface area contributed by atoms with Gasteiger partial charge in [-0.05, 0) is 12.3 Å². The van der Waals surface area contributed by atoms with Gasteiger partial charge in [0, 0.05) is 5.92 Å². The molecule has 1 aliphatic carbocycles. The maximum Gasteiger partial charge on any atom is 0.309 e. The van der Waals surface area contributed by atoms with E-state index in [2.05, 4.69) is 6.92 Å². The number of rotatable bonds is 2. The van der Waals surface area contributed by atoms with Crippen molar-refractivity contribution in [3.8, 4) is 0 Å². The molecule has 2 aliphatic rings. The Bertz CT molecular complexity index is 165. The Morgan fingerprint density at radius 3 is 3.00 bits per heavy atom. The first-order chi connectivity index (χ1) is 4.84. The third-order valence-corrected chi connectivity index (χ3v) is 2.64. The van der Waals surface area contributed by atoms with E-state index in [1.54, 1.807) is 0 Å². The van der Waals surface area contributed by atoms with Gasteiger partial charge in [-0.2, -0.15) is 0 Å². The van der Waals surface area contributed by atoms with Gasteiger partial charge in [0.1, 0.15) is 0 Å². The maximum absolute atomic E-state index is 10.9. The molecular weight excluding hydrogens is 128 g/mol. The molecule has 2 rings (SSSR count). The average molecular weight is 140 g/mol. The molecule has 0 spiro atoms. The molecule has 56 valence electrons. The summed E-state index contributed by atoms with van der Waals surface area (Å²) in [6.07, 6.45) is 2.41. The number of ether oxygens (including phenoxy) is 1. The van der Waals surface area contributed by atoms with E-state index in [-0.39, 0.29) is 5.97 Å². The van der Waals surface area contributed by atoms with Crippen molar-refractivity contribution < 1.29 is 9.53 Å². The Kier molecular flexibility index (Phi) is 1.22. The van der Waals surface area contributed by atoms with Gasteiger partial charge >= 0.3 is 5.97 Å². The SMILES string of the molecule is CCC[C@@H]1C2C(=O)OC[C@H]21. The van der Waals surface area contributed by atoms with Crippen LogP contribution in [0.15, 0.2) is 0 Å². The number of cyclic esters (lactones) is 1. The third-order valence-electron chi connectivity index (χ3n) is 2.64. The Balaban J connectivity index is 1.92. The fraction of sp³-hybridized carbons (Fsp3) is 0.875. The Morgan fingerprint density at radius 2 is 2.50 bits per heavy atom. The molecule has 0 aromatic heterocycles. The van der Waals surface area contributed by atoms with Crippen LogP contribution in [0.4, 0.5) is 0 Å². The van der Waals surface area contributed by atoms with Gasteiger partial charge in [0.05, 0.1) is 12.5 Å². The van der Waals surface area contributed by atoms with Crippen molar-refractivity contribution >= 4 is 5.97 Å². The summed E-state index contributed by atoms with van der Waals surface area (Å²) in [6, 6.07) is 0. The van der Waals surface area contributed by atoms with Gasteiger partial charge in [0.2, 0.25) is 0 Å². The van der Waals surface area contributed by atoms with Crippen molar-refractivity contribution in [1.29, 1.82) is 0 Å². The first-order valence-corrected chi connectivity index (χ1v) is 4.01. The van der Waals surface area contributed by atoms with E-state index in [1.807, 2.05) is 0 Å². The molecule has 0 aromatic rings. The number of carbonyl (C=O) groups is 1. The van der Waals surface area contributed by atoms with Gasteiger partial charge in [0.25, 0.3) is 0 Å². The minimum Gasteiger partial charge on any atom is -0.465 e. The van der Waals surface area contributed by atoms with E-state index in [1.165, 1.54) is 12.8 Å². The minimum absolute atomic E-state index is 0.0588. The fourth-order valence-electron chi connectivity index (χ4n) is 2.02. The molecule has 1 saturated heterocycles. The van der Waals surface area contributed by atoms with Crippen LogP contribution in [0.1, 0.15) is 19.8 Å². The average Bonchev–Trinajstić information content (AvgIpc) is 2.45. The normalized spacial score (nSPS) is 42.9. The highest BCUT2D eigenvalue weighted by atomic mass is 16.5. The Hall–Kier alpha value is -0.530. The molecule has 1 heterocycles. The molecule has 1 aliphatic heterocycles. The van der Waals surface area contributed by atoms with Crippen molar-refractivity contribution in [2.24, 2.45) is 17.8 Å². The van der Waals surface area contributed by atoms with Crippen molar-refractivity contribution in [3.63, 3.8) is 0 Å². The monoisotopic (exact) mass is 140 g/mol. The van der Waals surface area contributed by atoms with E-state index in [4.69, 9.17) is 4.74 Å². The lowest BCUT2D eigenvalue weighted by Gasteiger charge is -2.00. The topological polar surface area (TPSA) is 26.3 Å². The summed E-state index contributed by atoms with van der Waals surface area (Å²) in [7, 11) is 0. The number of esters is 1. The number of carbonyl (C=O) groups excluding carboxylic acids is 1. The van der Waals surface area contributed by atoms with Crippen LogP contribution in [0.25, 0.3) is 0 Å². The van der Waals surface area contributed by atoms with E-state index in [0.29, 0.717) is 24.4 Å². The highest BCUT2D eigenvalue weighted by Gasteiger charge is 2.59. The standard InChI is InChI=1S/C8H12O2/c1-2-3-5-6-4-10-8(9)7(5)6/h5-7H,2-4H2,1H3/t5-,6-,7?/m0/s1. The molecule has 0 bridgehead atoms. The van der Waals surface area contributed by atoms with Gasteiger partial charge in [-0.1, -0.05) is 13.3 Å². The highest BCUT2D eigenvalue weighted by molar-refractivity contribution is 5.78. The predicted molar refractivity (Wildman–Crippen MR) is 36.3 cm³/mol. The zero-order valence-electron chi connectivity index (χ0n) is 6.17. The summed E-state index contributed by atoms with van der Waals surface area (Å²) in [4.78, 5) is 10.9. The first-order valence-electron chi connectivity index (χ1n) is 4.01. The Morgan fingerprint density at radius 1 is 1.70 bits per heavy atom. The third kappa shape index (κ3) is 0.678. The molecule has 2 fully saturated rings. The fourth-order valence-corrected chi connectivity index (χ4v) is 2.02. The summed E-state index contributed by atoms with van der Waals surface area (Å²) in [6.45, 7) is 2.87. The second-order valence-corrected chi connectivity index (χ2v) is 3.27. The van der Waals surface area contributed by atoms with Crippen LogP contribution in [0.2, 0.25) is 0 Å². The molecule has 10 heavy (non-hydrogen) atoms. The second-order valence-electron chi connectivity index (χ2n) is 3.27. The lowest BCUT2D eigenvalue weighted by atomic mass is 10.2. The van der Waals surface area contributed by atoms with E-state index in [0.717, 1.165) is 0 Å². The van der Waals surface area contributed by atoms with Gasteiger partial charge < -0.3 is 4.74 Å². The number of hydrogen-bond donors (Lipinski definition) is 0. The molecule has 0 N–H and O–H groups in total. The van der Waals surface area contributed by atoms with E-state index in [9.17, 15) is 4.79 Å². The van der Waals surface area contributed by atoms with E-state index >= 15 is 0 Å². The van der Waals surface area contributed by atoms with Crippen molar-refractivity contribution in [2.45, 2.75) is 19.8 Å². The van der Waals surface area contributed by atoms with Gasteiger partial charge in [-0.15, -0.1) is 0 Å². The molecular formula is C8H12O2. The molecule has 1 unspecified atom stereocenters. The summed E-state index contributed by atoms with van der Waals surface area (Å²) in [5, 5.41) is 0.